The molecule has 2 rings (SSSR count). The summed E-state index contributed by atoms with van der Waals surface area (Å²) in [6.45, 7) is 0.593. The summed E-state index contributed by atoms with van der Waals surface area (Å²) < 4.78 is 116. The van der Waals surface area contributed by atoms with Crippen molar-refractivity contribution in [2.45, 2.75) is 50.4 Å². The first-order valence-corrected chi connectivity index (χ1v) is 13.1. The average molecular weight is 676 g/mol. The summed E-state index contributed by atoms with van der Waals surface area (Å²) in [5, 5.41) is 5.00. The van der Waals surface area contributed by atoms with Crippen LogP contribution in [0.25, 0.3) is 0 Å². The molecule has 0 heterocycles. The van der Waals surface area contributed by atoms with Gasteiger partial charge in [-0.3, -0.25) is 23.9 Å². The smallest absolute Gasteiger partial charge is 0.497 e. The lowest BCUT2D eigenvalue weighted by atomic mass is 9.97. The van der Waals surface area contributed by atoms with Gasteiger partial charge in [-0.05, 0) is 35.7 Å². The standard InChI is InChI=1S/C27H26ClF8N3O6/c1-13(2)19(21(40)26(31,32)33)38-23(42)20(14-7-9-17(44-3)10-8-14)39-22(41)18(12-45-27(34,35)36)37-24(43)25(29,30)15-5-4-6-16(28)11-15/h4-11,13,18-20H,12H2,1-3H3,(H,37,43)(H,38,42)(H,39,41)/t18-,19-,20-/m0/s1. The molecule has 0 aliphatic heterocycles. The predicted octanol–water partition coefficient (Wildman–Crippen LogP) is 4.59. The molecular formula is C27H26ClF8N3O6. The third-order valence-electron chi connectivity index (χ3n) is 6.03. The molecule has 0 saturated carbocycles. The van der Waals surface area contributed by atoms with Crippen LogP contribution < -0.4 is 20.7 Å². The second-order valence-corrected chi connectivity index (χ2v) is 10.1. The van der Waals surface area contributed by atoms with E-state index in [1.54, 1.807) is 0 Å². The fourth-order valence-corrected chi connectivity index (χ4v) is 3.90. The average Bonchev–Trinajstić information content (AvgIpc) is 2.94. The van der Waals surface area contributed by atoms with Gasteiger partial charge in [0.05, 0.1) is 19.8 Å². The minimum Gasteiger partial charge on any atom is -0.497 e. The molecule has 2 aromatic carbocycles. The predicted molar refractivity (Wildman–Crippen MR) is 141 cm³/mol. The van der Waals surface area contributed by atoms with Crippen LogP contribution >= 0.6 is 11.6 Å². The molecule has 0 fully saturated rings. The zero-order valence-corrected chi connectivity index (χ0v) is 24.2. The van der Waals surface area contributed by atoms with Crippen molar-refractivity contribution in [2.75, 3.05) is 13.7 Å². The van der Waals surface area contributed by atoms with E-state index in [-0.39, 0.29) is 16.3 Å². The molecule has 0 aromatic heterocycles. The Balaban J connectivity index is 2.47. The third-order valence-corrected chi connectivity index (χ3v) is 6.27. The van der Waals surface area contributed by atoms with Gasteiger partial charge < -0.3 is 20.7 Å². The van der Waals surface area contributed by atoms with Gasteiger partial charge in [-0.25, -0.2) is 0 Å². The molecule has 3 amide bonds. The van der Waals surface area contributed by atoms with Crippen LogP contribution in [0.15, 0.2) is 48.5 Å². The number of nitrogens with one attached hydrogen (secondary N) is 3. The summed E-state index contributed by atoms with van der Waals surface area (Å²) in [5.74, 6) is -13.1. The van der Waals surface area contributed by atoms with E-state index in [0.717, 1.165) is 24.3 Å². The number of carbonyl (C=O) groups is 4. The van der Waals surface area contributed by atoms with Crippen LogP contribution in [-0.4, -0.2) is 61.8 Å². The molecule has 3 atom stereocenters. The normalized spacial score (nSPS) is 14.2. The lowest BCUT2D eigenvalue weighted by Gasteiger charge is -2.28. The van der Waals surface area contributed by atoms with Crippen molar-refractivity contribution in [3.63, 3.8) is 0 Å². The first kappa shape index (κ1) is 37.2. The van der Waals surface area contributed by atoms with Crippen LogP contribution in [0.1, 0.15) is 31.0 Å². The van der Waals surface area contributed by atoms with Crippen molar-refractivity contribution in [2.24, 2.45) is 5.92 Å². The Morgan fingerprint density at radius 3 is 1.93 bits per heavy atom. The number of Topliss-reactive ketones (excluding diaryl/α,β-unsaturated/α-hetero) is 1. The van der Waals surface area contributed by atoms with E-state index in [2.05, 4.69) is 4.74 Å². The summed E-state index contributed by atoms with van der Waals surface area (Å²) in [7, 11) is 1.27. The van der Waals surface area contributed by atoms with Crippen LogP contribution in [0.4, 0.5) is 35.1 Å². The highest BCUT2D eigenvalue weighted by Crippen LogP contribution is 2.30. The highest BCUT2D eigenvalue weighted by molar-refractivity contribution is 6.30. The van der Waals surface area contributed by atoms with Gasteiger partial charge in [0, 0.05) is 10.6 Å². The Hall–Kier alpha value is -3.99. The van der Waals surface area contributed by atoms with E-state index in [1.165, 1.54) is 44.5 Å². The topological polar surface area (TPSA) is 123 Å². The molecule has 9 nitrogen and oxygen atoms in total. The van der Waals surface area contributed by atoms with Gasteiger partial charge in [-0.1, -0.05) is 49.7 Å². The van der Waals surface area contributed by atoms with Crippen molar-refractivity contribution in [1.82, 2.24) is 16.0 Å². The van der Waals surface area contributed by atoms with Gasteiger partial charge in [-0.15, -0.1) is 13.2 Å². The van der Waals surface area contributed by atoms with Crippen LogP contribution in [0.5, 0.6) is 5.75 Å². The maximum absolute atomic E-state index is 14.9. The highest BCUT2D eigenvalue weighted by atomic mass is 35.5. The number of rotatable bonds is 13. The monoisotopic (exact) mass is 675 g/mol. The van der Waals surface area contributed by atoms with Crippen LogP contribution in [0.2, 0.25) is 5.02 Å². The third kappa shape index (κ3) is 10.6. The second-order valence-electron chi connectivity index (χ2n) is 9.67. The van der Waals surface area contributed by atoms with Crippen LogP contribution in [-0.2, 0) is 29.8 Å². The first-order chi connectivity index (χ1) is 20.7. The highest BCUT2D eigenvalue weighted by Gasteiger charge is 2.46. The number of amides is 3. The maximum atomic E-state index is 14.9. The Labute approximate surface area is 255 Å². The van der Waals surface area contributed by atoms with Gasteiger partial charge in [0.2, 0.25) is 11.8 Å². The van der Waals surface area contributed by atoms with Gasteiger partial charge in [0.25, 0.3) is 11.7 Å². The Kier molecular flexibility index (Phi) is 12.3. The van der Waals surface area contributed by atoms with E-state index in [0.29, 0.717) is 6.07 Å². The number of halogens is 9. The van der Waals surface area contributed by atoms with Crippen LogP contribution in [0, 0.1) is 5.92 Å². The van der Waals surface area contributed by atoms with Crippen molar-refractivity contribution < 1.29 is 63.8 Å². The van der Waals surface area contributed by atoms with E-state index in [4.69, 9.17) is 16.3 Å². The molecule has 0 aliphatic rings. The SMILES string of the molecule is COc1ccc([C@H](NC(=O)[C@H](COC(F)(F)F)NC(=O)C(F)(F)c2cccc(Cl)c2)C(=O)N[C@H](C(=O)C(F)(F)F)C(C)C)cc1. The van der Waals surface area contributed by atoms with Gasteiger partial charge in [0.15, 0.2) is 0 Å². The minimum atomic E-state index is -5.41. The van der Waals surface area contributed by atoms with E-state index < -0.39 is 78.2 Å². The maximum Gasteiger partial charge on any atom is 0.522 e. The minimum absolute atomic E-state index is 0.185. The number of ketones is 1. The second kappa shape index (κ2) is 14.9. The number of benzene rings is 2. The van der Waals surface area contributed by atoms with Crippen molar-refractivity contribution >= 4 is 35.1 Å². The summed E-state index contributed by atoms with van der Waals surface area (Å²) in [5.41, 5.74) is -1.16. The Morgan fingerprint density at radius 2 is 1.44 bits per heavy atom. The van der Waals surface area contributed by atoms with E-state index in [1.807, 2.05) is 10.6 Å². The zero-order valence-electron chi connectivity index (χ0n) is 23.5. The number of carbonyl (C=O) groups excluding carboxylic acids is 4. The number of methoxy groups -OCH3 is 1. The summed E-state index contributed by atoms with van der Waals surface area (Å²) in [4.78, 5) is 50.8. The largest absolute Gasteiger partial charge is 0.522 e. The fourth-order valence-electron chi connectivity index (χ4n) is 3.71. The molecule has 0 aliphatic carbocycles. The lowest BCUT2D eigenvalue weighted by Crippen LogP contribution is -2.56. The van der Waals surface area contributed by atoms with Crippen molar-refractivity contribution in [1.29, 1.82) is 0 Å². The molecule has 2 aromatic rings. The van der Waals surface area contributed by atoms with Crippen molar-refractivity contribution in [3.05, 3.63) is 64.7 Å². The Bertz CT molecular complexity index is 1370. The zero-order chi connectivity index (χ0) is 34.3. The molecule has 18 heteroatoms. The molecule has 0 bridgehead atoms. The Morgan fingerprint density at radius 1 is 0.844 bits per heavy atom. The fraction of sp³-hybridized carbons (Fsp3) is 0.407. The molecular weight excluding hydrogens is 650 g/mol. The molecule has 248 valence electrons. The number of alkyl halides is 8. The number of hydrogen-bond donors (Lipinski definition) is 3. The van der Waals surface area contributed by atoms with Crippen molar-refractivity contribution in [3.8, 4) is 5.75 Å². The quantitative estimate of drug-likeness (QED) is 0.267. The molecule has 0 radical (unpaired) electrons. The molecule has 3 N–H and O–H groups in total. The van der Waals surface area contributed by atoms with Gasteiger partial charge in [0.1, 0.15) is 17.8 Å². The molecule has 0 unspecified atom stereocenters. The first-order valence-electron chi connectivity index (χ1n) is 12.7. The number of ether oxygens (including phenoxy) is 2. The molecule has 0 saturated heterocycles. The summed E-state index contributed by atoms with van der Waals surface area (Å²) in [6, 6.07) is 1.81. The van der Waals surface area contributed by atoms with Gasteiger partial charge in [-0.2, -0.15) is 22.0 Å². The number of hydrogen-bond acceptors (Lipinski definition) is 6. The summed E-state index contributed by atoms with van der Waals surface area (Å²) >= 11 is 5.67. The van der Waals surface area contributed by atoms with E-state index >= 15 is 0 Å². The van der Waals surface area contributed by atoms with Gasteiger partial charge >= 0.3 is 18.5 Å². The van der Waals surface area contributed by atoms with E-state index in [9.17, 15) is 54.3 Å². The molecule has 0 spiro atoms. The summed E-state index contributed by atoms with van der Waals surface area (Å²) in [6.07, 6.45) is -10.8. The van der Waals surface area contributed by atoms with Crippen LogP contribution in [0.3, 0.4) is 0 Å². The lowest BCUT2D eigenvalue weighted by molar-refractivity contribution is -0.325. The molecule has 45 heavy (non-hydrogen) atoms.